The van der Waals surface area contributed by atoms with E-state index in [-0.39, 0.29) is 5.92 Å². The number of nitrogens with two attached hydrogens (primary N) is 1. The number of ether oxygens (including phenoxy) is 2. The van der Waals surface area contributed by atoms with Crippen molar-refractivity contribution in [2.24, 2.45) is 11.7 Å². The van der Waals surface area contributed by atoms with Crippen LogP contribution in [0.5, 0.6) is 5.75 Å². The Morgan fingerprint density at radius 3 is 2.33 bits per heavy atom. The highest BCUT2D eigenvalue weighted by molar-refractivity contribution is 5.97. The summed E-state index contributed by atoms with van der Waals surface area (Å²) in [6.45, 7) is 5.85. The van der Waals surface area contributed by atoms with Crippen LogP contribution in [0.1, 0.15) is 26.3 Å². The van der Waals surface area contributed by atoms with Gasteiger partial charge in [0.25, 0.3) is 5.91 Å². The van der Waals surface area contributed by atoms with E-state index in [9.17, 15) is 14.4 Å². The van der Waals surface area contributed by atoms with Gasteiger partial charge in [0.2, 0.25) is 0 Å². The van der Waals surface area contributed by atoms with Crippen molar-refractivity contribution in [1.29, 1.82) is 0 Å². The highest BCUT2D eigenvalue weighted by Crippen LogP contribution is 2.13. The average molecular weight is 334 g/mol. The third-order valence-corrected chi connectivity index (χ3v) is 2.96. The summed E-state index contributed by atoms with van der Waals surface area (Å²) in [5.74, 6) is -1.02. The number of carbonyl (C=O) groups is 3. The first-order valence-corrected chi connectivity index (χ1v) is 7.55. The van der Waals surface area contributed by atoms with Crippen molar-refractivity contribution in [3.8, 4) is 5.75 Å². The molecule has 130 valence electrons. The van der Waals surface area contributed by atoms with Crippen LogP contribution in [0.2, 0.25) is 0 Å². The van der Waals surface area contributed by atoms with Crippen LogP contribution in [-0.4, -0.2) is 30.6 Å². The number of hydrogen-bond acceptors (Lipinski definition) is 5. The van der Waals surface area contributed by atoms with Crippen molar-refractivity contribution >= 4 is 24.0 Å². The van der Waals surface area contributed by atoms with Crippen LogP contribution in [0, 0.1) is 5.92 Å². The van der Waals surface area contributed by atoms with Crippen LogP contribution >= 0.6 is 0 Å². The predicted molar refractivity (Wildman–Crippen MR) is 89.1 cm³/mol. The van der Waals surface area contributed by atoms with Gasteiger partial charge in [-0.3, -0.25) is 10.1 Å². The zero-order valence-corrected chi connectivity index (χ0v) is 13.9. The Morgan fingerprint density at radius 1 is 1.21 bits per heavy atom. The quantitative estimate of drug-likeness (QED) is 0.584. The lowest BCUT2D eigenvalue weighted by atomic mass is 10.1. The second kappa shape index (κ2) is 9.34. The highest BCUT2D eigenvalue weighted by atomic mass is 16.5. The molecule has 0 unspecified atom stereocenters. The summed E-state index contributed by atoms with van der Waals surface area (Å²) in [5, 5.41) is 1.91. The molecule has 7 heteroatoms. The summed E-state index contributed by atoms with van der Waals surface area (Å²) in [4.78, 5) is 34.4. The van der Waals surface area contributed by atoms with E-state index < -0.39 is 24.0 Å². The predicted octanol–water partition coefficient (Wildman–Crippen LogP) is 1.86. The maximum atomic E-state index is 11.9. The lowest BCUT2D eigenvalue weighted by molar-refractivity contribution is -0.153. The standard InChI is InChI=1S/C17H22N2O5/c1-4-23-13-8-5-12(6-9-13)7-10-14(20)24-15(11(2)3)16(21)19-17(18)22/h5-11,15H,4H2,1-3H3,(H3,18,19,21,22)/b10-7+/t15-/m0/s1. The summed E-state index contributed by atoms with van der Waals surface area (Å²) in [6, 6.07) is 6.15. The summed E-state index contributed by atoms with van der Waals surface area (Å²) >= 11 is 0. The minimum atomic E-state index is -1.10. The van der Waals surface area contributed by atoms with Crippen LogP contribution < -0.4 is 15.8 Å². The van der Waals surface area contributed by atoms with E-state index in [2.05, 4.69) is 0 Å². The normalized spacial score (nSPS) is 12.0. The third-order valence-electron chi connectivity index (χ3n) is 2.96. The number of primary amides is 1. The second-order valence-electron chi connectivity index (χ2n) is 5.29. The van der Waals surface area contributed by atoms with E-state index in [1.807, 2.05) is 12.2 Å². The third kappa shape index (κ3) is 6.51. The number of amides is 3. The fourth-order valence-electron chi connectivity index (χ4n) is 1.86. The lowest BCUT2D eigenvalue weighted by Gasteiger charge is -2.18. The van der Waals surface area contributed by atoms with E-state index in [1.54, 1.807) is 44.2 Å². The van der Waals surface area contributed by atoms with E-state index in [1.165, 1.54) is 6.08 Å². The number of rotatable bonds is 7. The number of imide groups is 1. The average Bonchev–Trinajstić information content (AvgIpc) is 2.51. The topological polar surface area (TPSA) is 108 Å². The molecule has 1 rings (SSSR count). The number of benzene rings is 1. The Bertz CT molecular complexity index is 608. The first kappa shape index (κ1) is 19.2. The number of urea groups is 1. The molecule has 0 aliphatic heterocycles. The molecule has 3 N–H and O–H groups in total. The molecule has 24 heavy (non-hydrogen) atoms. The van der Waals surface area contributed by atoms with Crippen molar-refractivity contribution in [3.63, 3.8) is 0 Å². The maximum absolute atomic E-state index is 11.9. The molecule has 0 aliphatic carbocycles. The maximum Gasteiger partial charge on any atom is 0.331 e. The SMILES string of the molecule is CCOc1ccc(/C=C/C(=O)O[C@H](C(=O)NC(N)=O)C(C)C)cc1. The molecule has 0 aromatic heterocycles. The first-order valence-electron chi connectivity index (χ1n) is 7.55. The van der Waals surface area contributed by atoms with Crippen LogP contribution in [-0.2, 0) is 14.3 Å². The molecular formula is C17H22N2O5. The molecule has 0 heterocycles. The lowest BCUT2D eigenvalue weighted by Crippen LogP contribution is -2.45. The number of carbonyl (C=O) groups excluding carboxylic acids is 3. The van der Waals surface area contributed by atoms with Crippen molar-refractivity contribution < 1.29 is 23.9 Å². The fraction of sp³-hybridized carbons (Fsp3) is 0.353. The molecule has 0 fully saturated rings. The number of hydrogen-bond donors (Lipinski definition) is 2. The van der Waals surface area contributed by atoms with Gasteiger partial charge >= 0.3 is 12.0 Å². The molecule has 0 radical (unpaired) electrons. The van der Waals surface area contributed by atoms with E-state index >= 15 is 0 Å². The van der Waals surface area contributed by atoms with Gasteiger partial charge in [-0.2, -0.15) is 0 Å². The molecule has 0 saturated carbocycles. The van der Waals surface area contributed by atoms with Crippen LogP contribution in [0.3, 0.4) is 0 Å². The van der Waals surface area contributed by atoms with Crippen molar-refractivity contribution in [1.82, 2.24) is 5.32 Å². The van der Waals surface area contributed by atoms with Gasteiger partial charge in [0, 0.05) is 6.08 Å². The minimum absolute atomic E-state index is 0.313. The van der Waals surface area contributed by atoms with Gasteiger partial charge in [-0.15, -0.1) is 0 Å². The summed E-state index contributed by atoms with van der Waals surface area (Å²) in [6.07, 6.45) is 1.67. The van der Waals surface area contributed by atoms with E-state index in [4.69, 9.17) is 15.2 Å². The Kier molecular flexibility index (Phi) is 7.48. The van der Waals surface area contributed by atoms with Crippen LogP contribution in [0.4, 0.5) is 4.79 Å². The summed E-state index contributed by atoms with van der Waals surface area (Å²) < 4.78 is 10.4. The number of nitrogens with one attached hydrogen (secondary N) is 1. The van der Waals surface area contributed by atoms with Gasteiger partial charge in [0.1, 0.15) is 5.75 Å². The van der Waals surface area contributed by atoms with Gasteiger partial charge in [-0.05, 0) is 36.6 Å². The minimum Gasteiger partial charge on any atom is -0.494 e. The van der Waals surface area contributed by atoms with Crippen molar-refractivity contribution in [2.75, 3.05) is 6.61 Å². The van der Waals surface area contributed by atoms with Gasteiger partial charge in [-0.1, -0.05) is 26.0 Å². The highest BCUT2D eigenvalue weighted by Gasteiger charge is 2.26. The summed E-state index contributed by atoms with van der Waals surface area (Å²) in [5.41, 5.74) is 5.67. The van der Waals surface area contributed by atoms with E-state index in [0.29, 0.717) is 6.61 Å². The molecule has 1 aromatic carbocycles. The van der Waals surface area contributed by atoms with Crippen LogP contribution in [0.15, 0.2) is 30.3 Å². The zero-order chi connectivity index (χ0) is 18.1. The van der Waals surface area contributed by atoms with Crippen LogP contribution in [0.25, 0.3) is 6.08 Å². The molecule has 1 aromatic rings. The smallest absolute Gasteiger partial charge is 0.331 e. The van der Waals surface area contributed by atoms with E-state index in [0.717, 1.165) is 11.3 Å². The molecule has 0 saturated heterocycles. The van der Waals surface area contributed by atoms with Gasteiger partial charge in [0.05, 0.1) is 6.61 Å². The Hall–Kier alpha value is -2.83. The molecule has 1 atom stereocenters. The Morgan fingerprint density at radius 2 is 1.83 bits per heavy atom. The van der Waals surface area contributed by atoms with Crippen molar-refractivity contribution in [3.05, 3.63) is 35.9 Å². The van der Waals surface area contributed by atoms with Crippen molar-refractivity contribution in [2.45, 2.75) is 26.9 Å². The molecular weight excluding hydrogens is 312 g/mol. The number of esters is 1. The largest absolute Gasteiger partial charge is 0.494 e. The summed E-state index contributed by atoms with van der Waals surface area (Å²) in [7, 11) is 0. The molecule has 0 aliphatic rings. The zero-order valence-electron chi connectivity index (χ0n) is 13.9. The monoisotopic (exact) mass is 334 g/mol. The van der Waals surface area contributed by atoms with Gasteiger partial charge in [0.15, 0.2) is 6.10 Å². The van der Waals surface area contributed by atoms with Gasteiger partial charge in [-0.25, -0.2) is 9.59 Å². The second-order valence-corrected chi connectivity index (χ2v) is 5.29. The Balaban J connectivity index is 2.67. The molecule has 0 spiro atoms. The molecule has 7 nitrogen and oxygen atoms in total. The van der Waals surface area contributed by atoms with Gasteiger partial charge < -0.3 is 15.2 Å². The molecule has 3 amide bonds. The first-order chi connectivity index (χ1) is 11.3. The molecule has 0 bridgehead atoms. The Labute approximate surface area is 140 Å². The fourth-order valence-corrected chi connectivity index (χ4v) is 1.86.